The third-order valence-corrected chi connectivity index (χ3v) is 2.68. The Balaban J connectivity index is 3.44. The molecular weight excluding hydrogens is 218 g/mol. The largest absolute Gasteiger partial charge is 0.355 e. The molecule has 17 heavy (non-hydrogen) atoms. The summed E-state index contributed by atoms with van der Waals surface area (Å²) >= 11 is 0. The average molecular weight is 235 g/mol. The van der Waals surface area contributed by atoms with E-state index in [9.17, 15) is 9.59 Å². The summed E-state index contributed by atoms with van der Waals surface area (Å²) in [7, 11) is 1.48. The van der Waals surface area contributed by atoms with Crippen LogP contribution in [0.5, 0.6) is 0 Å². The van der Waals surface area contributed by atoms with Crippen LogP contribution in [0.1, 0.15) is 13.8 Å². The Morgan fingerprint density at radius 1 is 1.41 bits per heavy atom. The molecule has 0 aliphatic rings. The zero-order valence-electron chi connectivity index (χ0n) is 10.4. The van der Waals surface area contributed by atoms with Crippen LogP contribution in [-0.2, 0) is 13.6 Å². The number of nitrogens with zero attached hydrogens (tertiary/aromatic N) is 3. The van der Waals surface area contributed by atoms with Crippen LogP contribution < -0.4 is 16.1 Å². The summed E-state index contributed by atoms with van der Waals surface area (Å²) in [4.78, 5) is 25.5. The molecule has 0 aliphatic carbocycles. The van der Waals surface area contributed by atoms with Crippen LogP contribution in [0.2, 0.25) is 0 Å². The number of aromatic nitrogens is 2. The molecule has 92 valence electrons. The lowest BCUT2D eigenvalue weighted by atomic mass is 10.4. The smallest absolute Gasteiger partial charge is 0.330 e. The Morgan fingerprint density at radius 2 is 2.06 bits per heavy atom. The zero-order valence-corrected chi connectivity index (χ0v) is 10.4. The van der Waals surface area contributed by atoms with Crippen molar-refractivity contribution in [1.82, 2.24) is 9.13 Å². The predicted octanol–water partition coefficient (Wildman–Crippen LogP) is 0.0264. The first-order valence-electron chi connectivity index (χ1n) is 5.55. The van der Waals surface area contributed by atoms with E-state index in [1.54, 1.807) is 11.1 Å². The van der Waals surface area contributed by atoms with Gasteiger partial charge in [-0.15, -0.1) is 6.42 Å². The Labute approximate surface area is 100 Å². The summed E-state index contributed by atoms with van der Waals surface area (Å²) in [5.74, 6) is 2.51. The van der Waals surface area contributed by atoms with Gasteiger partial charge in [0.2, 0.25) is 0 Å². The van der Waals surface area contributed by atoms with Crippen molar-refractivity contribution >= 4 is 5.69 Å². The molecule has 0 bridgehead atoms. The SMILES string of the molecule is C#CCN(CC)c1cn(CC)c(=O)n(C)c1=O. The highest BCUT2D eigenvalue weighted by atomic mass is 16.2. The van der Waals surface area contributed by atoms with Crippen LogP contribution in [0.3, 0.4) is 0 Å². The zero-order chi connectivity index (χ0) is 13.0. The molecule has 0 fully saturated rings. The monoisotopic (exact) mass is 235 g/mol. The van der Waals surface area contributed by atoms with E-state index in [4.69, 9.17) is 6.42 Å². The van der Waals surface area contributed by atoms with Gasteiger partial charge in [-0.3, -0.25) is 13.9 Å². The highest BCUT2D eigenvalue weighted by Gasteiger charge is 2.12. The van der Waals surface area contributed by atoms with Gasteiger partial charge in [-0.05, 0) is 13.8 Å². The summed E-state index contributed by atoms with van der Waals surface area (Å²) in [6.07, 6.45) is 6.84. The van der Waals surface area contributed by atoms with Crippen molar-refractivity contribution < 1.29 is 0 Å². The van der Waals surface area contributed by atoms with Gasteiger partial charge in [-0.2, -0.15) is 0 Å². The van der Waals surface area contributed by atoms with Crippen LogP contribution in [0, 0.1) is 12.3 Å². The molecule has 0 amide bonds. The Bertz CT molecular complexity index is 548. The van der Waals surface area contributed by atoms with Gasteiger partial charge in [0.25, 0.3) is 5.56 Å². The van der Waals surface area contributed by atoms with Gasteiger partial charge in [-0.25, -0.2) is 4.79 Å². The van der Waals surface area contributed by atoms with E-state index in [1.807, 2.05) is 13.8 Å². The van der Waals surface area contributed by atoms with Gasteiger partial charge in [0.1, 0.15) is 5.69 Å². The van der Waals surface area contributed by atoms with Gasteiger partial charge >= 0.3 is 5.69 Å². The first-order chi connectivity index (χ1) is 8.06. The van der Waals surface area contributed by atoms with Gasteiger partial charge in [0.15, 0.2) is 0 Å². The second-order valence-electron chi connectivity index (χ2n) is 3.67. The fourth-order valence-electron chi connectivity index (χ4n) is 1.63. The molecule has 0 aliphatic heterocycles. The van der Waals surface area contributed by atoms with Gasteiger partial charge in [-0.1, -0.05) is 5.92 Å². The van der Waals surface area contributed by atoms with Gasteiger partial charge < -0.3 is 4.90 Å². The molecule has 5 nitrogen and oxygen atoms in total. The topological polar surface area (TPSA) is 47.2 Å². The number of terminal acetylenes is 1. The summed E-state index contributed by atoms with van der Waals surface area (Å²) in [5.41, 5.74) is -0.149. The van der Waals surface area contributed by atoms with E-state index in [1.165, 1.54) is 11.6 Å². The number of anilines is 1. The van der Waals surface area contributed by atoms with E-state index < -0.39 is 0 Å². The van der Waals surface area contributed by atoms with E-state index in [2.05, 4.69) is 5.92 Å². The van der Waals surface area contributed by atoms with Crippen molar-refractivity contribution in [2.24, 2.45) is 7.05 Å². The number of rotatable bonds is 4. The van der Waals surface area contributed by atoms with E-state index >= 15 is 0 Å². The Kier molecular flexibility index (Phi) is 4.16. The molecule has 0 saturated carbocycles. The minimum Gasteiger partial charge on any atom is -0.355 e. The molecule has 1 aromatic heterocycles. The van der Waals surface area contributed by atoms with Crippen LogP contribution in [0.25, 0.3) is 0 Å². The molecule has 0 N–H and O–H groups in total. The van der Waals surface area contributed by atoms with Crippen molar-refractivity contribution in [3.63, 3.8) is 0 Å². The molecule has 1 aromatic rings. The van der Waals surface area contributed by atoms with Crippen molar-refractivity contribution in [3.05, 3.63) is 27.0 Å². The molecule has 1 rings (SSSR count). The maximum Gasteiger partial charge on any atom is 0.330 e. The highest BCUT2D eigenvalue weighted by molar-refractivity contribution is 5.43. The summed E-state index contributed by atoms with van der Waals surface area (Å²) in [6, 6.07) is 0. The second kappa shape index (κ2) is 5.39. The summed E-state index contributed by atoms with van der Waals surface area (Å²) in [6.45, 7) is 5.27. The first kappa shape index (κ1) is 13.1. The van der Waals surface area contributed by atoms with Crippen molar-refractivity contribution in [1.29, 1.82) is 0 Å². The summed E-state index contributed by atoms with van der Waals surface area (Å²) < 4.78 is 2.61. The molecule has 0 unspecified atom stereocenters. The van der Waals surface area contributed by atoms with Gasteiger partial charge in [0, 0.05) is 26.3 Å². The van der Waals surface area contributed by atoms with E-state index in [0.717, 1.165) is 4.57 Å². The van der Waals surface area contributed by atoms with E-state index in [-0.39, 0.29) is 11.2 Å². The molecular formula is C12H17N3O2. The first-order valence-corrected chi connectivity index (χ1v) is 5.55. The number of aryl methyl sites for hydroxylation is 1. The van der Waals surface area contributed by atoms with Crippen LogP contribution in [0.15, 0.2) is 15.8 Å². The third-order valence-electron chi connectivity index (χ3n) is 2.68. The average Bonchev–Trinajstić information content (AvgIpc) is 2.34. The second-order valence-corrected chi connectivity index (χ2v) is 3.67. The number of hydrogen-bond donors (Lipinski definition) is 0. The Morgan fingerprint density at radius 3 is 2.53 bits per heavy atom. The minimum atomic E-state index is -0.309. The molecule has 0 spiro atoms. The fraction of sp³-hybridized carbons (Fsp3) is 0.500. The lowest BCUT2D eigenvalue weighted by molar-refractivity contribution is 0.625. The van der Waals surface area contributed by atoms with Crippen molar-refractivity contribution in [2.45, 2.75) is 20.4 Å². The number of hydrogen-bond acceptors (Lipinski definition) is 3. The lowest BCUT2D eigenvalue weighted by Gasteiger charge is -2.20. The molecule has 0 radical (unpaired) electrons. The normalized spacial score (nSPS) is 10.0. The lowest BCUT2D eigenvalue weighted by Crippen LogP contribution is -2.41. The predicted molar refractivity (Wildman–Crippen MR) is 68.3 cm³/mol. The van der Waals surface area contributed by atoms with Crippen LogP contribution in [0.4, 0.5) is 5.69 Å². The van der Waals surface area contributed by atoms with Gasteiger partial charge in [0.05, 0.1) is 6.54 Å². The van der Waals surface area contributed by atoms with Crippen molar-refractivity contribution in [2.75, 3.05) is 18.0 Å². The minimum absolute atomic E-state index is 0.307. The fourth-order valence-corrected chi connectivity index (χ4v) is 1.63. The molecule has 1 heterocycles. The molecule has 0 atom stereocenters. The van der Waals surface area contributed by atoms with Crippen molar-refractivity contribution in [3.8, 4) is 12.3 Å². The maximum absolute atomic E-state index is 12.0. The molecule has 5 heteroatoms. The highest BCUT2D eigenvalue weighted by Crippen LogP contribution is 2.04. The molecule has 0 aromatic carbocycles. The third kappa shape index (κ3) is 2.41. The maximum atomic E-state index is 12.0. The molecule has 0 saturated heterocycles. The van der Waals surface area contributed by atoms with Crippen LogP contribution in [-0.4, -0.2) is 22.2 Å². The standard InChI is InChI=1S/C12H17N3O2/c1-5-8-14(6-2)10-9-15(7-3)12(17)13(4)11(10)16/h1,9H,6-8H2,2-4H3. The van der Waals surface area contributed by atoms with Crippen LogP contribution >= 0.6 is 0 Å². The Hall–Kier alpha value is -1.96. The summed E-state index contributed by atoms with van der Waals surface area (Å²) in [5, 5.41) is 0. The van der Waals surface area contributed by atoms with E-state index in [0.29, 0.717) is 25.3 Å². The quantitative estimate of drug-likeness (QED) is 0.692.